The molecule has 0 fully saturated rings. The maximum Gasteiger partial charge on any atom is -0.00131 e. The van der Waals surface area contributed by atoms with Gasteiger partial charge in [0.15, 0.2) is 0 Å². The first kappa shape index (κ1) is 26.9. The van der Waals surface area contributed by atoms with Gasteiger partial charge in [0.2, 0.25) is 0 Å². The summed E-state index contributed by atoms with van der Waals surface area (Å²) in [6, 6.07) is 49.1. The van der Waals surface area contributed by atoms with Crippen LogP contribution >= 0.6 is 0 Å². The first-order chi connectivity index (χ1) is 20.9. The standard InChI is InChI=1S/C22H18.C21H18/c1-15-3-6-17(7-4-15)18-10-12-22-20(14-18)9-8-19-13-16(2)5-11-21(19)22;1-14-3-6-16(7-4-14)17-8-10-21-19(12-17)13-18-11-15(2)5-9-20(18)21/h3-14H,1-2H3;3-12H,13H2,1-2H3. The molecule has 1 aliphatic carbocycles. The maximum absolute atomic E-state index is 2.36. The van der Waals surface area contributed by atoms with Crippen LogP contribution in [0.4, 0.5) is 0 Å². The van der Waals surface area contributed by atoms with E-state index in [2.05, 4.69) is 161 Å². The Bertz CT molecular complexity index is 2110. The second-order valence-corrected chi connectivity index (χ2v) is 12.2. The highest BCUT2D eigenvalue weighted by Gasteiger charge is 2.18. The number of rotatable bonds is 2. The highest BCUT2D eigenvalue weighted by Crippen LogP contribution is 2.39. The van der Waals surface area contributed by atoms with Gasteiger partial charge in [-0.15, -0.1) is 0 Å². The Kier molecular flexibility index (Phi) is 6.92. The highest BCUT2D eigenvalue weighted by molar-refractivity contribution is 6.08. The van der Waals surface area contributed by atoms with Crippen molar-refractivity contribution in [3.8, 4) is 33.4 Å². The van der Waals surface area contributed by atoms with E-state index in [1.54, 1.807) is 0 Å². The molecule has 208 valence electrons. The molecule has 0 aromatic heterocycles. The molecular formula is C43H36. The van der Waals surface area contributed by atoms with Crippen LogP contribution in [-0.2, 0) is 6.42 Å². The third kappa shape index (κ3) is 5.38. The van der Waals surface area contributed by atoms with Gasteiger partial charge in [-0.2, -0.15) is 0 Å². The van der Waals surface area contributed by atoms with Gasteiger partial charge in [-0.05, 0) is 106 Å². The minimum atomic E-state index is 1.06. The topological polar surface area (TPSA) is 0 Å². The minimum absolute atomic E-state index is 1.06. The second-order valence-electron chi connectivity index (χ2n) is 12.2. The van der Waals surface area contributed by atoms with Crippen molar-refractivity contribution >= 4 is 21.5 Å². The Labute approximate surface area is 255 Å². The monoisotopic (exact) mass is 552 g/mol. The molecule has 0 heteroatoms. The lowest BCUT2D eigenvalue weighted by atomic mass is 9.96. The average molecular weight is 553 g/mol. The van der Waals surface area contributed by atoms with Gasteiger partial charge in [0.1, 0.15) is 0 Å². The van der Waals surface area contributed by atoms with Crippen LogP contribution < -0.4 is 0 Å². The molecule has 0 saturated carbocycles. The van der Waals surface area contributed by atoms with E-state index in [-0.39, 0.29) is 0 Å². The molecule has 0 radical (unpaired) electrons. The molecule has 8 rings (SSSR count). The van der Waals surface area contributed by atoms with Crippen LogP contribution in [0.15, 0.2) is 133 Å². The van der Waals surface area contributed by atoms with Crippen molar-refractivity contribution in [2.75, 3.05) is 0 Å². The molecule has 0 atom stereocenters. The largest absolute Gasteiger partial charge is 0.0587 e. The van der Waals surface area contributed by atoms with Crippen molar-refractivity contribution in [2.45, 2.75) is 34.1 Å². The molecule has 0 spiro atoms. The van der Waals surface area contributed by atoms with Crippen molar-refractivity contribution in [1.29, 1.82) is 0 Å². The number of hydrogen-bond donors (Lipinski definition) is 0. The average Bonchev–Trinajstić information content (AvgIpc) is 3.38. The molecule has 0 heterocycles. The quantitative estimate of drug-likeness (QED) is 0.187. The van der Waals surface area contributed by atoms with Crippen molar-refractivity contribution < 1.29 is 0 Å². The number of fused-ring (bicyclic) bond motifs is 6. The van der Waals surface area contributed by atoms with E-state index in [9.17, 15) is 0 Å². The van der Waals surface area contributed by atoms with Crippen molar-refractivity contribution in [2.24, 2.45) is 0 Å². The van der Waals surface area contributed by atoms with Crippen LogP contribution in [0.25, 0.3) is 54.9 Å². The van der Waals surface area contributed by atoms with Crippen molar-refractivity contribution in [3.63, 3.8) is 0 Å². The van der Waals surface area contributed by atoms with Crippen molar-refractivity contribution in [1.82, 2.24) is 0 Å². The number of benzene rings is 7. The summed E-state index contributed by atoms with van der Waals surface area (Å²) in [5.41, 5.74) is 16.2. The molecular weight excluding hydrogens is 516 g/mol. The Hall–Kier alpha value is -4.94. The smallest absolute Gasteiger partial charge is 0.00131 e. The Morgan fingerprint density at radius 2 is 0.744 bits per heavy atom. The summed E-state index contributed by atoms with van der Waals surface area (Å²) >= 11 is 0. The van der Waals surface area contributed by atoms with Gasteiger partial charge in [-0.25, -0.2) is 0 Å². The zero-order valence-corrected chi connectivity index (χ0v) is 25.4. The number of aryl methyl sites for hydroxylation is 4. The summed E-state index contributed by atoms with van der Waals surface area (Å²) in [4.78, 5) is 0. The summed E-state index contributed by atoms with van der Waals surface area (Å²) < 4.78 is 0. The predicted octanol–water partition coefficient (Wildman–Crippen LogP) is 11.8. The van der Waals surface area contributed by atoms with E-state index < -0.39 is 0 Å². The Morgan fingerprint density at radius 3 is 1.40 bits per heavy atom. The fourth-order valence-electron chi connectivity index (χ4n) is 6.38. The molecule has 43 heavy (non-hydrogen) atoms. The molecule has 7 aromatic rings. The van der Waals surface area contributed by atoms with Gasteiger partial charge in [-0.3, -0.25) is 0 Å². The fourth-order valence-corrected chi connectivity index (χ4v) is 6.38. The molecule has 0 N–H and O–H groups in total. The fraction of sp³-hybridized carbons (Fsp3) is 0.116. The lowest BCUT2D eigenvalue weighted by molar-refractivity contribution is 1.25. The van der Waals surface area contributed by atoms with E-state index in [1.807, 2.05) is 0 Å². The highest BCUT2D eigenvalue weighted by atomic mass is 14.2. The van der Waals surface area contributed by atoms with Crippen molar-refractivity contribution in [3.05, 3.63) is 167 Å². The van der Waals surface area contributed by atoms with Crippen LogP contribution in [0.2, 0.25) is 0 Å². The number of hydrogen-bond acceptors (Lipinski definition) is 0. The normalized spacial score (nSPS) is 11.6. The molecule has 0 bridgehead atoms. The van der Waals surface area contributed by atoms with E-state index in [0.717, 1.165) is 6.42 Å². The first-order valence-electron chi connectivity index (χ1n) is 15.2. The van der Waals surface area contributed by atoms with Gasteiger partial charge in [-0.1, -0.05) is 150 Å². The summed E-state index contributed by atoms with van der Waals surface area (Å²) in [6.45, 7) is 8.56. The molecule has 1 aliphatic rings. The molecule has 7 aromatic carbocycles. The van der Waals surface area contributed by atoms with E-state index in [4.69, 9.17) is 0 Å². The van der Waals surface area contributed by atoms with Gasteiger partial charge in [0, 0.05) is 0 Å². The van der Waals surface area contributed by atoms with Crippen LogP contribution in [0.5, 0.6) is 0 Å². The van der Waals surface area contributed by atoms with Crippen LogP contribution in [0, 0.1) is 27.7 Å². The lowest BCUT2D eigenvalue weighted by Gasteiger charge is -2.08. The van der Waals surface area contributed by atoms with Gasteiger partial charge < -0.3 is 0 Å². The molecule has 0 aliphatic heterocycles. The van der Waals surface area contributed by atoms with E-state index in [1.165, 1.54) is 88.3 Å². The lowest BCUT2D eigenvalue weighted by Crippen LogP contribution is -1.84. The Balaban J connectivity index is 0.000000140. The predicted molar refractivity (Wildman–Crippen MR) is 186 cm³/mol. The third-order valence-corrected chi connectivity index (χ3v) is 8.80. The molecule has 0 amide bonds. The first-order valence-corrected chi connectivity index (χ1v) is 15.2. The Morgan fingerprint density at radius 1 is 0.326 bits per heavy atom. The second kappa shape index (κ2) is 11.0. The summed E-state index contributed by atoms with van der Waals surface area (Å²) in [7, 11) is 0. The van der Waals surface area contributed by atoms with E-state index >= 15 is 0 Å². The van der Waals surface area contributed by atoms with Gasteiger partial charge in [0.05, 0.1) is 0 Å². The van der Waals surface area contributed by atoms with Gasteiger partial charge in [0.25, 0.3) is 0 Å². The molecule has 0 unspecified atom stereocenters. The SMILES string of the molecule is Cc1ccc(-c2ccc3c(c2)Cc2cc(C)ccc2-3)cc1.Cc1ccc(-c2ccc3c(ccc4cc(C)ccc43)c2)cc1. The van der Waals surface area contributed by atoms with E-state index in [0.29, 0.717) is 0 Å². The minimum Gasteiger partial charge on any atom is -0.0587 e. The van der Waals surface area contributed by atoms with Crippen LogP contribution in [-0.4, -0.2) is 0 Å². The van der Waals surface area contributed by atoms with Crippen LogP contribution in [0.3, 0.4) is 0 Å². The molecule has 0 saturated heterocycles. The van der Waals surface area contributed by atoms with Crippen LogP contribution in [0.1, 0.15) is 33.4 Å². The zero-order chi connectivity index (χ0) is 29.5. The zero-order valence-electron chi connectivity index (χ0n) is 25.4. The van der Waals surface area contributed by atoms with Gasteiger partial charge >= 0.3 is 0 Å². The summed E-state index contributed by atoms with van der Waals surface area (Å²) in [6.07, 6.45) is 1.06. The molecule has 0 nitrogen and oxygen atoms in total. The summed E-state index contributed by atoms with van der Waals surface area (Å²) in [5, 5.41) is 5.27. The maximum atomic E-state index is 2.36. The third-order valence-electron chi connectivity index (χ3n) is 8.80. The summed E-state index contributed by atoms with van der Waals surface area (Å²) in [5.74, 6) is 0.